The van der Waals surface area contributed by atoms with Crippen molar-refractivity contribution in [3.63, 3.8) is 0 Å². The number of benzene rings is 2. The highest BCUT2D eigenvalue weighted by atomic mass is 35.5. The summed E-state index contributed by atoms with van der Waals surface area (Å²) in [5.41, 5.74) is 10.9. The molecule has 9 nitrogen and oxygen atoms in total. The number of hydrogen-bond donors (Lipinski definition) is 2. The van der Waals surface area contributed by atoms with E-state index in [1.807, 2.05) is 11.8 Å². The van der Waals surface area contributed by atoms with E-state index in [0.29, 0.717) is 18.0 Å². The van der Waals surface area contributed by atoms with E-state index < -0.39 is 18.0 Å². The summed E-state index contributed by atoms with van der Waals surface area (Å²) in [4.78, 5) is 27.3. The van der Waals surface area contributed by atoms with E-state index in [1.165, 1.54) is 27.7 Å². The van der Waals surface area contributed by atoms with E-state index in [0.717, 1.165) is 17.7 Å². The Labute approximate surface area is 221 Å². The zero-order valence-electron chi connectivity index (χ0n) is 20.5. The van der Waals surface area contributed by atoms with Gasteiger partial charge < -0.3 is 11.1 Å². The maximum absolute atomic E-state index is 13.1. The number of aryl methyl sites for hydroxylation is 2. The van der Waals surface area contributed by atoms with Crippen molar-refractivity contribution in [1.29, 1.82) is 0 Å². The largest absolute Gasteiger partial charge is 0.368 e. The lowest BCUT2D eigenvalue weighted by atomic mass is 9.94. The van der Waals surface area contributed by atoms with Crippen molar-refractivity contribution >= 4 is 35.8 Å². The maximum atomic E-state index is 13.1. The van der Waals surface area contributed by atoms with Crippen LogP contribution in [0.1, 0.15) is 35.6 Å². The molecule has 3 N–H and O–H groups in total. The summed E-state index contributed by atoms with van der Waals surface area (Å²) in [5.74, 6) is -0.349. The third kappa shape index (κ3) is 6.40. The number of primary amides is 1. The molecule has 2 aromatic carbocycles. The van der Waals surface area contributed by atoms with Crippen molar-refractivity contribution in [1.82, 2.24) is 30.4 Å². The zero-order valence-corrected chi connectivity index (χ0v) is 22.1. The number of rotatable bonds is 8. The van der Waals surface area contributed by atoms with Gasteiger partial charge in [0.05, 0.1) is 17.8 Å². The van der Waals surface area contributed by atoms with Crippen molar-refractivity contribution < 1.29 is 9.59 Å². The van der Waals surface area contributed by atoms with Crippen LogP contribution in [0.5, 0.6) is 0 Å². The number of carbonyl (C=O) groups is 2. The summed E-state index contributed by atoms with van der Waals surface area (Å²) >= 11 is 6.18. The molecule has 2 unspecified atom stereocenters. The number of likely N-dealkylation sites (tertiary alicyclic amines) is 1. The van der Waals surface area contributed by atoms with Gasteiger partial charge in [-0.25, -0.2) is 4.68 Å². The molecule has 0 radical (unpaired) electrons. The molecule has 192 valence electrons. The molecular formula is C25H31Cl2N7O2. The first-order valence-electron chi connectivity index (χ1n) is 11.6. The zero-order chi connectivity index (χ0) is 25.1. The Morgan fingerprint density at radius 1 is 1.19 bits per heavy atom. The lowest BCUT2D eigenvalue weighted by Gasteiger charge is -2.28. The van der Waals surface area contributed by atoms with Gasteiger partial charge in [0.25, 0.3) is 0 Å². The third-order valence-electron chi connectivity index (χ3n) is 6.53. The molecule has 0 bridgehead atoms. The van der Waals surface area contributed by atoms with Crippen LogP contribution in [-0.2, 0) is 22.6 Å². The minimum absolute atomic E-state index is 0. The Morgan fingerprint density at radius 2 is 1.92 bits per heavy atom. The molecule has 36 heavy (non-hydrogen) atoms. The Morgan fingerprint density at radius 3 is 2.56 bits per heavy atom. The summed E-state index contributed by atoms with van der Waals surface area (Å²) in [6.07, 6.45) is 2.96. The number of tetrazole rings is 1. The summed E-state index contributed by atoms with van der Waals surface area (Å²) in [7, 11) is 0. The summed E-state index contributed by atoms with van der Waals surface area (Å²) in [6, 6.07) is 10.8. The molecule has 4 rings (SSSR count). The predicted molar refractivity (Wildman–Crippen MR) is 140 cm³/mol. The van der Waals surface area contributed by atoms with Gasteiger partial charge >= 0.3 is 0 Å². The van der Waals surface area contributed by atoms with Gasteiger partial charge in [-0.2, -0.15) is 0 Å². The van der Waals surface area contributed by atoms with Gasteiger partial charge in [0.1, 0.15) is 6.33 Å². The van der Waals surface area contributed by atoms with Gasteiger partial charge in [-0.05, 0) is 79.3 Å². The number of nitrogens with two attached hydrogens (primary N) is 1. The van der Waals surface area contributed by atoms with Crippen LogP contribution in [0.15, 0.2) is 42.7 Å². The Kier molecular flexibility index (Phi) is 9.05. The Hall–Kier alpha value is -3.01. The highest BCUT2D eigenvalue weighted by Gasteiger charge is 2.40. The first kappa shape index (κ1) is 27.6. The van der Waals surface area contributed by atoms with Crippen molar-refractivity contribution in [2.45, 2.75) is 52.2 Å². The van der Waals surface area contributed by atoms with Gasteiger partial charge in [-0.3, -0.25) is 14.5 Å². The fourth-order valence-corrected chi connectivity index (χ4v) is 5.19. The first-order chi connectivity index (χ1) is 16.7. The molecule has 2 heterocycles. The number of amides is 2. The van der Waals surface area contributed by atoms with Crippen LogP contribution < -0.4 is 11.1 Å². The van der Waals surface area contributed by atoms with Crippen LogP contribution in [0.2, 0.25) is 5.02 Å². The average molecular weight is 532 g/mol. The standard InChI is InChI=1S/C25H30ClN7O2.ClH/c1-15-6-16(2)8-18(7-15)9-19-10-23(24(27)34)32(13-19)17(3)25(35)28-12-20-11-21(26)4-5-22(20)33-14-29-30-31-33;/h4-8,11,14,17,19,23H,9-10,12-13H2,1-3H3,(H2,27,34)(H,28,35);1H/t17-,19?,23?;/m0./s1. The molecule has 3 aromatic rings. The van der Waals surface area contributed by atoms with Gasteiger partial charge in [-0.15, -0.1) is 17.5 Å². The number of aromatic nitrogens is 4. The van der Waals surface area contributed by atoms with Crippen molar-refractivity contribution in [2.24, 2.45) is 11.7 Å². The second kappa shape index (κ2) is 11.8. The molecule has 2 amide bonds. The van der Waals surface area contributed by atoms with Crippen LogP contribution in [0.3, 0.4) is 0 Å². The van der Waals surface area contributed by atoms with Crippen LogP contribution >= 0.6 is 24.0 Å². The number of halogens is 2. The van der Waals surface area contributed by atoms with Crippen LogP contribution in [0.25, 0.3) is 5.69 Å². The van der Waals surface area contributed by atoms with Gasteiger partial charge in [0.2, 0.25) is 11.8 Å². The lowest BCUT2D eigenvalue weighted by Crippen LogP contribution is -2.51. The normalized spacial score (nSPS) is 18.4. The molecule has 0 spiro atoms. The molecule has 11 heteroatoms. The predicted octanol–water partition coefficient (Wildman–Crippen LogP) is 2.78. The smallest absolute Gasteiger partial charge is 0.237 e. The fourth-order valence-electron chi connectivity index (χ4n) is 5.00. The van der Waals surface area contributed by atoms with E-state index in [4.69, 9.17) is 17.3 Å². The topological polar surface area (TPSA) is 119 Å². The number of nitrogens with one attached hydrogen (secondary N) is 1. The van der Waals surface area contributed by atoms with Crippen molar-refractivity contribution in [2.75, 3.05) is 6.54 Å². The molecule has 1 fully saturated rings. The van der Waals surface area contributed by atoms with Gasteiger partial charge in [0.15, 0.2) is 0 Å². The number of carbonyl (C=O) groups excluding carboxylic acids is 2. The Balaban J connectivity index is 0.00000361. The van der Waals surface area contributed by atoms with E-state index >= 15 is 0 Å². The summed E-state index contributed by atoms with van der Waals surface area (Å²) in [6.45, 7) is 6.84. The second-order valence-corrected chi connectivity index (χ2v) is 9.77. The van der Waals surface area contributed by atoms with Crippen LogP contribution in [0, 0.1) is 19.8 Å². The Bertz CT molecular complexity index is 1200. The molecular weight excluding hydrogens is 501 g/mol. The number of nitrogens with zero attached hydrogens (tertiary/aromatic N) is 5. The van der Waals surface area contributed by atoms with Crippen molar-refractivity contribution in [3.05, 3.63) is 70.0 Å². The van der Waals surface area contributed by atoms with E-state index in [2.05, 4.69) is 52.9 Å². The van der Waals surface area contributed by atoms with E-state index in [1.54, 1.807) is 18.2 Å². The molecule has 3 atom stereocenters. The van der Waals surface area contributed by atoms with E-state index in [-0.39, 0.29) is 30.8 Å². The van der Waals surface area contributed by atoms with Crippen molar-refractivity contribution in [3.8, 4) is 5.69 Å². The summed E-state index contributed by atoms with van der Waals surface area (Å²) in [5, 5.41) is 14.8. The minimum atomic E-state index is -0.521. The molecule has 0 aliphatic carbocycles. The quantitative estimate of drug-likeness (QED) is 0.461. The molecule has 1 saturated heterocycles. The SMILES string of the molecule is Cc1cc(C)cc(CC2CC(C(N)=O)N([C@@H](C)C(=O)NCc3cc(Cl)ccc3-n3cnnn3)C2)c1.Cl. The summed E-state index contributed by atoms with van der Waals surface area (Å²) < 4.78 is 1.52. The van der Waals surface area contributed by atoms with Gasteiger partial charge in [0, 0.05) is 18.1 Å². The fraction of sp³-hybridized carbons (Fsp3) is 0.400. The highest BCUT2D eigenvalue weighted by molar-refractivity contribution is 6.30. The molecule has 0 saturated carbocycles. The monoisotopic (exact) mass is 531 g/mol. The minimum Gasteiger partial charge on any atom is -0.368 e. The third-order valence-corrected chi connectivity index (χ3v) is 6.76. The molecule has 1 aliphatic heterocycles. The van der Waals surface area contributed by atoms with Crippen LogP contribution in [0.4, 0.5) is 0 Å². The molecule has 1 aromatic heterocycles. The van der Waals surface area contributed by atoms with E-state index in [9.17, 15) is 9.59 Å². The average Bonchev–Trinajstić information content (AvgIpc) is 3.47. The highest BCUT2D eigenvalue weighted by Crippen LogP contribution is 2.29. The second-order valence-electron chi connectivity index (χ2n) is 9.34. The lowest BCUT2D eigenvalue weighted by molar-refractivity contribution is -0.129. The maximum Gasteiger partial charge on any atom is 0.237 e. The van der Waals surface area contributed by atoms with Crippen LogP contribution in [-0.4, -0.2) is 55.5 Å². The van der Waals surface area contributed by atoms with Gasteiger partial charge in [-0.1, -0.05) is 40.9 Å². The molecule has 1 aliphatic rings. The number of hydrogen-bond acceptors (Lipinski definition) is 6. The first-order valence-corrected chi connectivity index (χ1v) is 12.0.